The normalized spacial score (nSPS) is 12.9. The van der Waals surface area contributed by atoms with E-state index in [-0.39, 0.29) is 37.5 Å². The van der Waals surface area contributed by atoms with Gasteiger partial charge in [0.05, 0.1) is 0 Å². The Morgan fingerprint density at radius 1 is 0.333 bits per heavy atom. The van der Waals surface area contributed by atoms with Gasteiger partial charge in [-0.25, -0.2) is 0 Å². The highest BCUT2D eigenvalue weighted by Gasteiger charge is 2.19. The molecular formula is C57H94O6. The zero-order valence-corrected chi connectivity index (χ0v) is 40.8. The number of unbranched alkanes of at least 4 members (excludes halogenated alkanes) is 18. The minimum atomic E-state index is -0.821. The van der Waals surface area contributed by atoms with Gasteiger partial charge in [-0.2, -0.15) is 0 Å². The summed E-state index contributed by atoms with van der Waals surface area (Å²) in [6, 6.07) is 0. The lowest BCUT2D eigenvalue weighted by Gasteiger charge is -2.18. The Morgan fingerprint density at radius 3 is 1.05 bits per heavy atom. The molecule has 0 aliphatic rings. The maximum atomic E-state index is 12.8. The van der Waals surface area contributed by atoms with Crippen LogP contribution in [-0.2, 0) is 28.6 Å². The number of esters is 3. The summed E-state index contributed by atoms with van der Waals surface area (Å²) in [7, 11) is 0. The van der Waals surface area contributed by atoms with Gasteiger partial charge < -0.3 is 14.2 Å². The van der Waals surface area contributed by atoms with Crippen molar-refractivity contribution in [1.29, 1.82) is 0 Å². The molecule has 0 aliphatic carbocycles. The van der Waals surface area contributed by atoms with E-state index in [0.717, 1.165) is 83.5 Å². The van der Waals surface area contributed by atoms with Crippen molar-refractivity contribution in [3.8, 4) is 0 Å². The Hall–Kier alpha value is -3.67. The van der Waals surface area contributed by atoms with Gasteiger partial charge >= 0.3 is 17.9 Å². The van der Waals surface area contributed by atoms with E-state index in [1.807, 2.05) is 0 Å². The molecule has 6 nitrogen and oxygen atoms in total. The van der Waals surface area contributed by atoms with Crippen molar-refractivity contribution < 1.29 is 28.6 Å². The largest absolute Gasteiger partial charge is 0.462 e. The molecule has 6 heteroatoms. The van der Waals surface area contributed by atoms with Crippen LogP contribution < -0.4 is 0 Å². The van der Waals surface area contributed by atoms with Crippen molar-refractivity contribution in [3.05, 3.63) is 97.2 Å². The molecule has 0 amide bonds. The molecule has 0 fully saturated rings. The van der Waals surface area contributed by atoms with Gasteiger partial charge in [0.25, 0.3) is 0 Å². The molecule has 0 spiro atoms. The molecule has 0 aromatic rings. The molecule has 0 unspecified atom stereocenters. The Morgan fingerprint density at radius 2 is 0.635 bits per heavy atom. The highest BCUT2D eigenvalue weighted by molar-refractivity contribution is 5.71. The molecule has 0 aromatic carbocycles. The van der Waals surface area contributed by atoms with Gasteiger partial charge in [0.1, 0.15) is 13.2 Å². The van der Waals surface area contributed by atoms with E-state index < -0.39 is 6.10 Å². The van der Waals surface area contributed by atoms with Crippen molar-refractivity contribution in [3.63, 3.8) is 0 Å². The Balaban J connectivity index is 4.55. The predicted molar refractivity (Wildman–Crippen MR) is 270 cm³/mol. The zero-order valence-electron chi connectivity index (χ0n) is 40.8. The topological polar surface area (TPSA) is 78.9 Å². The molecule has 0 saturated heterocycles. The van der Waals surface area contributed by atoms with Crippen LogP contribution in [0.4, 0.5) is 0 Å². The van der Waals surface area contributed by atoms with Crippen molar-refractivity contribution in [2.24, 2.45) is 0 Å². The van der Waals surface area contributed by atoms with Gasteiger partial charge in [-0.05, 0) is 96.3 Å². The number of allylic oxidation sites excluding steroid dienone is 16. The lowest BCUT2D eigenvalue weighted by Crippen LogP contribution is -2.30. The van der Waals surface area contributed by atoms with E-state index in [2.05, 4.69) is 118 Å². The summed E-state index contributed by atoms with van der Waals surface area (Å²) in [6.45, 7) is 6.40. The van der Waals surface area contributed by atoms with E-state index in [1.54, 1.807) is 0 Å². The van der Waals surface area contributed by atoms with Crippen LogP contribution in [0.1, 0.15) is 226 Å². The van der Waals surface area contributed by atoms with Crippen LogP contribution in [0, 0.1) is 0 Å². The highest BCUT2D eigenvalue weighted by Crippen LogP contribution is 2.14. The van der Waals surface area contributed by atoms with Crippen molar-refractivity contribution in [2.45, 2.75) is 232 Å². The van der Waals surface area contributed by atoms with Gasteiger partial charge in [0.2, 0.25) is 0 Å². The van der Waals surface area contributed by atoms with Gasteiger partial charge in [0.15, 0.2) is 6.10 Å². The lowest BCUT2D eigenvalue weighted by molar-refractivity contribution is -0.167. The third kappa shape index (κ3) is 49.2. The summed E-state index contributed by atoms with van der Waals surface area (Å²) in [5.74, 6) is -1.01. The van der Waals surface area contributed by atoms with Crippen molar-refractivity contribution in [1.82, 2.24) is 0 Å². The van der Waals surface area contributed by atoms with E-state index in [0.29, 0.717) is 25.7 Å². The second-order valence-corrected chi connectivity index (χ2v) is 16.7. The number of hydrogen-bond donors (Lipinski definition) is 0. The second kappa shape index (κ2) is 51.0. The van der Waals surface area contributed by atoms with Crippen LogP contribution in [0.15, 0.2) is 97.2 Å². The van der Waals surface area contributed by atoms with Crippen LogP contribution in [0.3, 0.4) is 0 Å². The maximum Gasteiger partial charge on any atom is 0.306 e. The first-order valence-electron chi connectivity index (χ1n) is 25.7. The average molecular weight is 875 g/mol. The minimum Gasteiger partial charge on any atom is -0.462 e. The van der Waals surface area contributed by atoms with Crippen LogP contribution in [0.5, 0.6) is 0 Å². The number of carbonyl (C=O) groups excluding carboxylic acids is 3. The fraction of sp³-hybridized carbons (Fsp3) is 0.667. The molecule has 0 aliphatic heterocycles. The lowest BCUT2D eigenvalue weighted by atomic mass is 10.0. The van der Waals surface area contributed by atoms with Crippen molar-refractivity contribution >= 4 is 17.9 Å². The number of rotatable bonds is 45. The predicted octanol–water partition coefficient (Wildman–Crippen LogP) is 17.0. The standard InChI is InChI=1S/C57H94O6/c1-4-7-10-13-16-19-22-25-27-28-30-33-36-39-42-45-48-51-57(60)63-54(52-61-55(58)49-46-43-40-37-34-31-24-21-18-15-12-9-6-3)53-62-56(59)50-47-44-41-38-35-32-29-26-23-20-17-14-11-8-5-2/h8,11,16-17,19-20,25-27,29-30,33,35,38-39,42,54H,4-7,9-10,12-15,18,21-24,28,31-32,34,36-37,40-41,43-53H2,1-3H3/b11-8-,19-16-,20-17-,27-25-,29-26-,33-30-,38-35-,42-39-/t54-/m0/s1. The molecule has 358 valence electrons. The van der Waals surface area contributed by atoms with Gasteiger partial charge in [-0.3, -0.25) is 14.4 Å². The molecule has 0 aromatic heterocycles. The van der Waals surface area contributed by atoms with Crippen LogP contribution >= 0.6 is 0 Å². The van der Waals surface area contributed by atoms with Gasteiger partial charge in [0, 0.05) is 19.3 Å². The molecule has 0 saturated carbocycles. The number of carbonyl (C=O) groups is 3. The molecule has 63 heavy (non-hydrogen) atoms. The van der Waals surface area contributed by atoms with Crippen molar-refractivity contribution in [2.75, 3.05) is 13.2 Å². The third-order valence-corrected chi connectivity index (χ3v) is 10.6. The molecular weight excluding hydrogens is 781 g/mol. The quantitative estimate of drug-likeness (QED) is 0.0262. The Kier molecular flexibility index (Phi) is 48.0. The minimum absolute atomic E-state index is 0.112. The van der Waals surface area contributed by atoms with E-state index in [9.17, 15) is 14.4 Å². The summed E-state index contributed by atoms with van der Waals surface area (Å²) < 4.78 is 16.7. The fourth-order valence-corrected chi connectivity index (χ4v) is 6.72. The van der Waals surface area contributed by atoms with E-state index in [1.165, 1.54) is 89.9 Å². The van der Waals surface area contributed by atoms with Gasteiger partial charge in [-0.1, -0.05) is 208 Å². The monoisotopic (exact) mass is 875 g/mol. The van der Waals surface area contributed by atoms with Crippen LogP contribution in [0.25, 0.3) is 0 Å². The summed E-state index contributed by atoms with van der Waals surface area (Å²) in [5.41, 5.74) is 0. The van der Waals surface area contributed by atoms with E-state index in [4.69, 9.17) is 14.2 Å². The number of hydrogen-bond acceptors (Lipinski definition) is 6. The fourth-order valence-electron chi connectivity index (χ4n) is 6.72. The van der Waals surface area contributed by atoms with Crippen LogP contribution in [0.2, 0.25) is 0 Å². The molecule has 0 heterocycles. The van der Waals surface area contributed by atoms with Crippen LogP contribution in [-0.4, -0.2) is 37.2 Å². The SMILES string of the molecule is CC/C=C\C/C=C\C/C=C\C/C=C\CCCCC(=O)OC[C@H](COC(=O)CCCCCCCCCCCCCCC)OC(=O)CCC/C=C\C/C=C\C/C=C\C/C=C\CCCCC. The highest BCUT2D eigenvalue weighted by atomic mass is 16.6. The third-order valence-electron chi connectivity index (χ3n) is 10.6. The summed E-state index contributed by atoms with van der Waals surface area (Å²) in [5, 5.41) is 0. The smallest absolute Gasteiger partial charge is 0.306 e. The summed E-state index contributed by atoms with van der Waals surface area (Å²) in [4.78, 5) is 37.9. The first-order chi connectivity index (χ1) is 31.0. The Labute approximate surface area is 387 Å². The summed E-state index contributed by atoms with van der Waals surface area (Å²) >= 11 is 0. The molecule has 0 radical (unpaired) electrons. The molecule has 1 atom stereocenters. The molecule has 0 bridgehead atoms. The first kappa shape index (κ1) is 59.3. The Bertz CT molecular complexity index is 1280. The summed E-state index contributed by atoms with van der Waals surface area (Å²) in [6.07, 6.45) is 66.8. The maximum absolute atomic E-state index is 12.8. The number of ether oxygens (including phenoxy) is 3. The molecule has 0 rings (SSSR count). The first-order valence-corrected chi connectivity index (χ1v) is 25.7. The van der Waals surface area contributed by atoms with Gasteiger partial charge in [-0.15, -0.1) is 0 Å². The van der Waals surface area contributed by atoms with E-state index >= 15 is 0 Å². The second-order valence-electron chi connectivity index (χ2n) is 16.7. The zero-order chi connectivity index (χ0) is 45.8. The average Bonchev–Trinajstić information content (AvgIpc) is 3.28. The molecule has 0 N–H and O–H groups in total.